The van der Waals surface area contributed by atoms with Crippen LogP contribution < -0.4 is 4.74 Å². The van der Waals surface area contributed by atoms with Crippen molar-refractivity contribution in [1.29, 1.82) is 0 Å². The molecule has 1 saturated heterocycles. The number of rotatable bonds is 4. The highest BCUT2D eigenvalue weighted by Gasteiger charge is 2.22. The number of aromatic nitrogens is 2. The average molecular weight is 313 g/mol. The summed E-state index contributed by atoms with van der Waals surface area (Å²) in [6.07, 6.45) is 3.39. The molecule has 0 radical (unpaired) electrons. The molecule has 0 aliphatic carbocycles. The first-order chi connectivity index (χ1) is 11.2. The number of benzene rings is 1. The van der Waals surface area contributed by atoms with Gasteiger partial charge in [0.1, 0.15) is 5.75 Å². The molecule has 1 aromatic carbocycles. The molecule has 1 aromatic heterocycles. The lowest BCUT2D eigenvalue weighted by Crippen LogP contribution is -2.35. The highest BCUT2D eigenvalue weighted by molar-refractivity contribution is 5.93. The number of aryl methyl sites for hydroxylation is 1. The van der Waals surface area contributed by atoms with Gasteiger partial charge >= 0.3 is 0 Å². The minimum absolute atomic E-state index is 0.0478. The van der Waals surface area contributed by atoms with E-state index in [2.05, 4.69) is 5.10 Å². The lowest BCUT2D eigenvalue weighted by molar-refractivity contribution is 0.0717. The maximum Gasteiger partial charge on any atom is 0.274 e. The quantitative estimate of drug-likeness (QED) is 0.871. The zero-order chi connectivity index (χ0) is 16.2. The number of methoxy groups -OCH3 is 1. The molecular weight excluding hydrogens is 290 g/mol. The molecule has 23 heavy (non-hydrogen) atoms. The summed E-state index contributed by atoms with van der Waals surface area (Å²) < 4.78 is 7.09. The second-order valence-electron chi connectivity index (χ2n) is 5.81. The summed E-state index contributed by atoms with van der Waals surface area (Å²) in [6, 6.07) is 9.75. The molecule has 1 amide bonds. The maximum atomic E-state index is 12.6. The Labute approximate surface area is 136 Å². The fourth-order valence-electron chi connectivity index (χ4n) is 3.02. The van der Waals surface area contributed by atoms with Crippen LogP contribution in [-0.2, 0) is 6.54 Å². The number of carbonyl (C=O) groups excluding carboxylic acids is 1. The first-order valence-electron chi connectivity index (χ1n) is 8.24. The zero-order valence-corrected chi connectivity index (χ0v) is 13.8. The smallest absolute Gasteiger partial charge is 0.274 e. The Morgan fingerprint density at radius 1 is 1.17 bits per heavy atom. The zero-order valence-electron chi connectivity index (χ0n) is 13.8. The molecule has 1 aliphatic rings. The van der Waals surface area contributed by atoms with E-state index in [0.29, 0.717) is 5.69 Å². The van der Waals surface area contributed by atoms with Crippen molar-refractivity contribution in [2.45, 2.75) is 32.7 Å². The summed E-state index contributed by atoms with van der Waals surface area (Å²) in [6.45, 7) is 4.45. The molecule has 1 fully saturated rings. The Hall–Kier alpha value is -2.30. The second kappa shape index (κ2) is 6.86. The van der Waals surface area contributed by atoms with Crippen molar-refractivity contribution >= 4 is 5.91 Å². The van der Waals surface area contributed by atoms with Crippen LogP contribution in [-0.4, -0.2) is 40.8 Å². The van der Waals surface area contributed by atoms with Crippen LogP contribution in [0.25, 0.3) is 11.3 Å². The molecule has 0 bridgehead atoms. The van der Waals surface area contributed by atoms with Crippen LogP contribution >= 0.6 is 0 Å². The van der Waals surface area contributed by atoms with Gasteiger partial charge in [0.25, 0.3) is 5.91 Å². The van der Waals surface area contributed by atoms with Gasteiger partial charge in [-0.25, -0.2) is 0 Å². The fraction of sp³-hybridized carbons (Fsp3) is 0.444. The van der Waals surface area contributed by atoms with E-state index < -0.39 is 0 Å². The standard InChI is InChI=1S/C18H23N3O2/c1-3-21-17(14-7-9-15(23-2)10-8-14)13-16(19-21)18(22)20-11-5-4-6-12-20/h7-10,13H,3-6,11-12H2,1-2H3. The highest BCUT2D eigenvalue weighted by Crippen LogP contribution is 2.24. The molecule has 3 rings (SSSR count). The summed E-state index contributed by atoms with van der Waals surface area (Å²) in [5.74, 6) is 0.868. The molecule has 5 nitrogen and oxygen atoms in total. The van der Waals surface area contributed by atoms with Crippen LogP contribution in [0.1, 0.15) is 36.7 Å². The number of likely N-dealkylation sites (tertiary alicyclic amines) is 1. The normalized spacial score (nSPS) is 14.8. The van der Waals surface area contributed by atoms with E-state index in [0.717, 1.165) is 49.5 Å². The number of nitrogens with zero attached hydrogens (tertiary/aromatic N) is 3. The number of piperidine rings is 1. The van der Waals surface area contributed by atoms with E-state index >= 15 is 0 Å². The summed E-state index contributed by atoms with van der Waals surface area (Å²) in [4.78, 5) is 14.6. The molecule has 0 spiro atoms. The van der Waals surface area contributed by atoms with Gasteiger partial charge < -0.3 is 9.64 Å². The SMILES string of the molecule is CCn1nc(C(=O)N2CCCCC2)cc1-c1ccc(OC)cc1. The molecule has 1 aliphatic heterocycles. The van der Waals surface area contributed by atoms with Gasteiger partial charge in [0.2, 0.25) is 0 Å². The molecule has 122 valence electrons. The molecule has 0 N–H and O–H groups in total. The van der Waals surface area contributed by atoms with Crippen molar-refractivity contribution in [2.24, 2.45) is 0 Å². The van der Waals surface area contributed by atoms with Crippen LogP contribution in [0.15, 0.2) is 30.3 Å². The Morgan fingerprint density at radius 2 is 1.87 bits per heavy atom. The average Bonchev–Trinajstić information content (AvgIpc) is 3.06. The van der Waals surface area contributed by atoms with Crippen molar-refractivity contribution in [1.82, 2.24) is 14.7 Å². The van der Waals surface area contributed by atoms with Gasteiger partial charge in [0, 0.05) is 25.2 Å². The van der Waals surface area contributed by atoms with Gasteiger partial charge in [-0.05, 0) is 56.5 Å². The number of carbonyl (C=O) groups is 1. The lowest BCUT2D eigenvalue weighted by Gasteiger charge is -2.25. The number of ether oxygens (including phenoxy) is 1. The number of hydrogen-bond donors (Lipinski definition) is 0. The monoisotopic (exact) mass is 313 g/mol. The molecule has 2 aromatic rings. The van der Waals surface area contributed by atoms with Gasteiger partial charge in [0.05, 0.1) is 12.8 Å². The number of amides is 1. The fourth-order valence-corrected chi connectivity index (χ4v) is 3.02. The van der Waals surface area contributed by atoms with Crippen LogP contribution in [0.5, 0.6) is 5.75 Å². The summed E-state index contributed by atoms with van der Waals surface area (Å²) in [7, 11) is 1.65. The van der Waals surface area contributed by atoms with Crippen molar-refractivity contribution in [3.8, 4) is 17.0 Å². The third kappa shape index (κ3) is 3.23. The van der Waals surface area contributed by atoms with E-state index in [-0.39, 0.29) is 5.91 Å². The van der Waals surface area contributed by atoms with Crippen molar-refractivity contribution < 1.29 is 9.53 Å². The largest absolute Gasteiger partial charge is 0.497 e. The topological polar surface area (TPSA) is 47.4 Å². The maximum absolute atomic E-state index is 12.6. The Bertz CT molecular complexity index is 670. The summed E-state index contributed by atoms with van der Waals surface area (Å²) in [5, 5.41) is 4.52. The lowest BCUT2D eigenvalue weighted by atomic mass is 10.1. The first kappa shape index (κ1) is 15.6. The van der Waals surface area contributed by atoms with Crippen molar-refractivity contribution in [2.75, 3.05) is 20.2 Å². The Balaban J connectivity index is 1.88. The molecule has 2 heterocycles. The Morgan fingerprint density at radius 3 is 2.48 bits per heavy atom. The molecule has 0 saturated carbocycles. The predicted octanol–water partition coefficient (Wildman–Crippen LogP) is 3.20. The summed E-state index contributed by atoms with van der Waals surface area (Å²) in [5.41, 5.74) is 2.55. The predicted molar refractivity (Wildman–Crippen MR) is 89.6 cm³/mol. The minimum Gasteiger partial charge on any atom is -0.497 e. The van der Waals surface area contributed by atoms with Gasteiger partial charge in [-0.1, -0.05) is 0 Å². The Kier molecular flexibility index (Phi) is 4.65. The molecule has 0 unspecified atom stereocenters. The minimum atomic E-state index is 0.0478. The van der Waals surface area contributed by atoms with E-state index in [1.165, 1.54) is 6.42 Å². The summed E-state index contributed by atoms with van der Waals surface area (Å²) >= 11 is 0. The second-order valence-corrected chi connectivity index (χ2v) is 5.81. The van der Waals surface area contributed by atoms with E-state index in [4.69, 9.17) is 4.74 Å². The molecular formula is C18H23N3O2. The highest BCUT2D eigenvalue weighted by atomic mass is 16.5. The van der Waals surface area contributed by atoms with Crippen LogP contribution in [0.4, 0.5) is 0 Å². The first-order valence-corrected chi connectivity index (χ1v) is 8.24. The van der Waals surface area contributed by atoms with Crippen LogP contribution in [0, 0.1) is 0 Å². The van der Waals surface area contributed by atoms with E-state index in [1.807, 2.05) is 46.8 Å². The van der Waals surface area contributed by atoms with Gasteiger partial charge in [-0.2, -0.15) is 5.10 Å². The van der Waals surface area contributed by atoms with Crippen LogP contribution in [0.2, 0.25) is 0 Å². The van der Waals surface area contributed by atoms with E-state index in [9.17, 15) is 4.79 Å². The third-order valence-electron chi connectivity index (χ3n) is 4.33. The molecule has 5 heteroatoms. The van der Waals surface area contributed by atoms with Crippen molar-refractivity contribution in [3.63, 3.8) is 0 Å². The van der Waals surface area contributed by atoms with Crippen LogP contribution in [0.3, 0.4) is 0 Å². The van der Waals surface area contributed by atoms with E-state index in [1.54, 1.807) is 7.11 Å². The van der Waals surface area contributed by atoms with Gasteiger partial charge in [-0.3, -0.25) is 9.48 Å². The van der Waals surface area contributed by atoms with Gasteiger partial charge in [0.15, 0.2) is 5.69 Å². The van der Waals surface area contributed by atoms with Gasteiger partial charge in [-0.15, -0.1) is 0 Å². The molecule has 0 atom stereocenters. The van der Waals surface area contributed by atoms with Crippen molar-refractivity contribution in [3.05, 3.63) is 36.0 Å². The number of hydrogen-bond acceptors (Lipinski definition) is 3. The third-order valence-corrected chi connectivity index (χ3v) is 4.33.